The van der Waals surface area contributed by atoms with Gasteiger partial charge in [0, 0.05) is 0 Å². The molecule has 8 heteroatoms. The van der Waals surface area contributed by atoms with E-state index in [2.05, 4.69) is 20.3 Å². The van der Waals surface area contributed by atoms with Crippen molar-refractivity contribution in [1.82, 2.24) is 15.0 Å². The summed E-state index contributed by atoms with van der Waals surface area (Å²) in [5.74, 6) is -0.911. The first-order valence-electron chi connectivity index (χ1n) is 7.43. The van der Waals surface area contributed by atoms with Gasteiger partial charge in [-0.25, -0.2) is 19.7 Å². The predicted molar refractivity (Wildman–Crippen MR) is 94.7 cm³/mol. The van der Waals surface area contributed by atoms with Crippen LogP contribution in [0, 0.1) is 0 Å². The van der Waals surface area contributed by atoms with Crippen molar-refractivity contribution in [3.05, 3.63) is 39.5 Å². The molecule has 2 heterocycles. The topological polar surface area (TPSA) is 88.0 Å². The molecule has 2 aromatic heterocycles. The molecule has 2 aromatic rings. The molecule has 0 aromatic carbocycles. The summed E-state index contributed by atoms with van der Waals surface area (Å²) in [6.07, 6.45) is 1.51. The Morgan fingerprint density at radius 2 is 1.67 bits per heavy atom. The van der Waals surface area contributed by atoms with Gasteiger partial charge in [0.05, 0.1) is 22.1 Å². The molecule has 0 aliphatic carbocycles. The lowest BCUT2D eigenvalue weighted by Gasteiger charge is -2.19. The summed E-state index contributed by atoms with van der Waals surface area (Å²) in [7, 11) is 0. The van der Waals surface area contributed by atoms with Gasteiger partial charge in [-0.1, -0.05) is 50.9 Å². The number of hydrogen-bond acceptors (Lipinski definition) is 5. The first-order valence-corrected chi connectivity index (χ1v) is 8.19. The maximum absolute atomic E-state index is 11.5. The maximum Gasteiger partial charge on any atom is 0.341 e. The van der Waals surface area contributed by atoms with E-state index in [1.807, 2.05) is 27.7 Å². The van der Waals surface area contributed by atoms with E-state index in [9.17, 15) is 9.90 Å². The second-order valence-electron chi connectivity index (χ2n) is 5.91. The number of hydrogen-bond donors (Lipinski definition) is 2. The molecule has 128 valence electrons. The van der Waals surface area contributed by atoms with E-state index in [4.69, 9.17) is 23.2 Å². The molecular weight excluding hydrogens is 351 g/mol. The summed E-state index contributed by atoms with van der Waals surface area (Å²) in [5.41, 5.74) is 2.02. The van der Waals surface area contributed by atoms with E-state index < -0.39 is 5.97 Å². The van der Waals surface area contributed by atoms with Gasteiger partial charge in [0.1, 0.15) is 22.9 Å². The van der Waals surface area contributed by atoms with Crippen LogP contribution in [-0.2, 0) is 0 Å². The molecule has 0 aliphatic rings. The fourth-order valence-electron chi connectivity index (χ4n) is 2.31. The third-order valence-electron chi connectivity index (χ3n) is 3.40. The Balaban J connectivity index is 2.66. The highest BCUT2D eigenvalue weighted by atomic mass is 35.5. The largest absolute Gasteiger partial charge is 0.478 e. The number of aromatic nitrogens is 3. The van der Waals surface area contributed by atoms with Gasteiger partial charge in [0.15, 0.2) is 0 Å². The standard InChI is InChI=1S/C16H18Cl2N4O2/c1-7(2)12-14(13(8(3)4)20-6-19-12)22-15-11(16(23)24)9(17)5-10(18)21-15/h5-8H,1-4H3,(H,21,22)(H,23,24). The molecule has 24 heavy (non-hydrogen) atoms. The average Bonchev–Trinajstić information content (AvgIpc) is 2.45. The van der Waals surface area contributed by atoms with Gasteiger partial charge in [0.2, 0.25) is 0 Å². The van der Waals surface area contributed by atoms with E-state index in [1.54, 1.807) is 0 Å². The van der Waals surface area contributed by atoms with Crippen molar-refractivity contribution >= 4 is 40.7 Å². The van der Waals surface area contributed by atoms with Gasteiger partial charge >= 0.3 is 5.97 Å². The van der Waals surface area contributed by atoms with Crippen LogP contribution in [0.4, 0.5) is 11.5 Å². The van der Waals surface area contributed by atoms with Crippen molar-refractivity contribution in [2.75, 3.05) is 5.32 Å². The van der Waals surface area contributed by atoms with Crippen LogP contribution in [0.1, 0.15) is 61.3 Å². The van der Waals surface area contributed by atoms with Gasteiger partial charge in [-0.2, -0.15) is 0 Å². The predicted octanol–water partition coefficient (Wildman–Crippen LogP) is 4.87. The van der Waals surface area contributed by atoms with Gasteiger partial charge in [-0.05, 0) is 17.9 Å². The number of nitrogens with zero attached hydrogens (tertiary/aromatic N) is 3. The number of pyridine rings is 1. The Morgan fingerprint density at radius 3 is 2.12 bits per heavy atom. The number of aromatic carboxylic acids is 1. The SMILES string of the molecule is CC(C)c1ncnc(C(C)C)c1Nc1nc(Cl)cc(Cl)c1C(=O)O. The van der Waals surface area contributed by atoms with Crippen LogP contribution >= 0.6 is 23.2 Å². The Hall–Kier alpha value is -1.92. The molecule has 0 radical (unpaired) electrons. The van der Waals surface area contributed by atoms with Crippen molar-refractivity contribution in [2.45, 2.75) is 39.5 Å². The van der Waals surface area contributed by atoms with Crippen molar-refractivity contribution in [2.24, 2.45) is 0 Å². The van der Waals surface area contributed by atoms with Gasteiger partial charge in [-0.15, -0.1) is 0 Å². The first-order chi connectivity index (χ1) is 11.2. The minimum Gasteiger partial charge on any atom is -0.478 e. The first kappa shape index (κ1) is 18.4. The zero-order valence-electron chi connectivity index (χ0n) is 13.8. The highest BCUT2D eigenvalue weighted by Gasteiger charge is 2.22. The number of anilines is 2. The molecule has 0 bridgehead atoms. The van der Waals surface area contributed by atoms with Gasteiger partial charge in [0.25, 0.3) is 0 Å². The summed E-state index contributed by atoms with van der Waals surface area (Å²) < 4.78 is 0. The number of nitrogens with one attached hydrogen (secondary N) is 1. The van der Waals surface area contributed by atoms with Crippen LogP contribution < -0.4 is 5.32 Å². The van der Waals surface area contributed by atoms with Crippen LogP contribution in [0.15, 0.2) is 12.4 Å². The summed E-state index contributed by atoms with van der Waals surface area (Å²) in [6, 6.07) is 1.30. The molecule has 2 rings (SSSR count). The third-order valence-corrected chi connectivity index (χ3v) is 3.89. The molecule has 0 atom stereocenters. The zero-order valence-corrected chi connectivity index (χ0v) is 15.3. The molecule has 0 unspecified atom stereocenters. The van der Waals surface area contributed by atoms with Crippen LogP contribution in [0.3, 0.4) is 0 Å². The summed E-state index contributed by atoms with van der Waals surface area (Å²) in [6.45, 7) is 7.98. The van der Waals surface area contributed by atoms with Crippen LogP contribution in [0.25, 0.3) is 0 Å². The third kappa shape index (κ3) is 3.76. The van der Waals surface area contributed by atoms with E-state index in [1.165, 1.54) is 12.4 Å². The Bertz CT molecular complexity index is 753. The maximum atomic E-state index is 11.5. The molecule has 0 saturated carbocycles. The molecule has 0 spiro atoms. The number of carboxylic acids is 1. The molecule has 0 fully saturated rings. The normalized spacial score (nSPS) is 11.2. The lowest BCUT2D eigenvalue weighted by Crippen LogP contribution is -2.12. The van der Waals surface area contributed by atoms with Gasteiger partial charge < -0.3 is 10.4 Å². The number of carboxylic acid groups (broad SMARTS) is 1. The van der Waals surface area contributed by atoms with Crippen LogP contribution in [0.5, 0.6) is 0 Å². The van der Waals surface area contributed by atoms with Crippen molar-refractivity contribution in [3.63, 3.8) is 0 Å². The van der Waals surface area contributed by atoms with Gasteiger partial charge in [-0.3, -0.25) is 0 Å². The fraction of sp³-hybridized carbons (Fsp3) is 0.375. The molecule has 2 N–H and O–H groups in total. The quantitative estimate of drug-likeness (QED) is 0.732. The average molecular weight is 369 g/mol. The fourth-order valence-corrected chi connectivity index (χ4v) is 2.84. The Kier molecular flexibility index (Phi) is 5.62. The number of rotatable bonds is 5. The molecular formula is C16H18Cl2N4O2. The summed E-state index contributed by atoms with van der Waals surface area (Å²) in [5, 5.41) is 12.6. The monoisotopic (exact) mass is 368 g/mol. The molecule has 0 amide bonds. The zero-order chi connectivity index (χ0) is 18.0. The van der Waals surface area contributed by atoms with E-state index in [0.717, 1.165) is 11.4 Å². The minimum absolute atomic E-state index is 0.0130. The number of carbonyl (C=O) groups is 1. The molecule has 0 saturated heterocycles. The van der Waals surface area contributed by atoms with E-state index >= 15 is 0 Å². The molecule has 6 nitrogen and oxygen atoms in total. The second kappa shape index (κ2) is 7.32. The van der Waals surface area contributed by atoms with E-state index in [-0.39, 0.29) is 33.4 Å². The highest BCUT2D eigenvalue weighted by molar-refractivity contribution is 6.36. The van der Waals surface area contributed by atoms with Crippen molar-refractivity contribution in [3.8, 4) is 0 Å². The second-order valence-corrected chi connectivity index (χ2v) is 6.70. The lowest BCUT2D eigenvalue weighted by atomic mass is 10.0. The summed E-state index contributed by atoms with van der Waals surface area (Å²) in [4.78, 5) is 24.3. The van der Waals surface area contributed by atoms with Crippen LogP contribution in [0.2, 0.25) is 10.2 Å². The minimum atomic E-state index is -1.19. The van der Waals surface area contributed by atoms with E-state index in [0.29, 0.717) is 5.69 Å². The van der Waals surface area contributed by atoms with Crippen molar-refractivity contribution < 1.29 is 9.90 Å². The van der Waals surface area contributed by atoms with Crippen molar-refractivity contribution in [1.29, 1.82) is 0 Å². The Labute approximate surface area is 150 Å². The molecule has 0 aliphatic heterocycles. The Morgan fingerprint density at radius 1 is 1.12 bits per heavy atom. The highest BCUT2D eigenvalue weighted by Crippen LogP contribution is 2.34. The lowest BCUT2D eigenvalue weighted by molar-refractivity contribution is 0.0698. The smallest absolute Gasteiger partial charge is 0.341 e. The number of halogens is 2. The summed E-state index contributed by atoms with van der Waals surface area (Å²) >= 11 is 12.0. The van der Waals surface area contributed by atoms with Crippen LogP contribution in [-0.4, -0.2) is 26.0 Å².